The van der Waals surface area contributed by atoms with Crippen LogP contribution in [0.4, 0.5) is 5.69 Å². The minimum Gasteiger partial charge on any atom is -0.369 e. The van der Waals surface area contributed by atoms with Crippen LogP contribution in [-0.2, 0) is 0 Å². The molecule has 18 heavy (non-hydrogen) atoms. The van der Waals surface area contributed by atoms with Crippen molar-refractivity contribution in [3.05, 3.63) is 24.0 Å². The van der Waals surface area contributed by atoms with Gasteiger partial charge in [0.05, 0.1) is 17.4 Å². The number of nitriles is 1. The normalized spacial score (nSPS) is 23.4. The SMILES string of the molecule is CN(c1cnccc1C#N)C1CCCCC1CN. The summed E-state index contributed by atoms with van der Waals surface area (Å²) in [7, 11) is 2.05. The second-order valence-electron chi connectivity index (χ2n) is 4.96. The third-order valence-corrected chi connectivity index (χ3v) is 3.97. The molecule has 1 saturated carbocycles. The molecule has 4 heteroatoms. The molecule has 2 atom stereocenters. The zero-order valence-electron chi connectivity index (χ0n) is 10.8. The Balaban J connectivity index is 2.24. The second kappa shape index (κ2) is 5.83. The molecule has 0 aliphatic heterocycles. The summed E-state index contributed by atoms with van der Waals surface area (Å²) >= 11 is 0. The molecule has 2 rings (SSSR count). The average molecular weight is 244 g/mol. The summed E-state index contributed by atoms with van der Waals surface area (Å²) < 4.78 is 0. The lowest BCUT2D eigenvalue weighted by molar-refractivity contribution is 0.306. The van der Waals surface area contributed by atoms with Gasteiger partial charge >= 0.3 is 0 Å². The van der Waals surface area contributed by atoms with Crippen molar-refractivity contribution in [1.82, 2.24) is 4.98 Å². The highest BCUT2D eigenvalue weighted by Gasteiger charge is 2.28. The van der Waals surface area contributed by atoms with Gasteiger partial charge in [0.15, 0.2) is 0 Å². The van der Waals surface area contributed by atoms with Crippen LogP contribution in [0.15, 0.2) is 18.5 Å². The van der Waals surface area contributed by atoms with Crippen LogP contribution < -0.4 is 10.6 Å². The lowest BCUT2D eigenvalue weighted by Gasteiger charge is -2.39. The minimum atomic E-state index is 0.431. The zero-order chi connectivity index (χ0) is 13.0. The number of aromatic nitrogens is 1. The summed E-state index contributed by atoms with van der Waals surface area (Å²) in [6.45, 7) is 0.719. The van der Waals surface area contributed by atoms with Crippen molar-refractivity contribution in [2.75, 3.05) is 18.5 Å². The van der Waals surface area contributed by atoms with Gasteiger partial charge in [0, 0.05) is 19.3 Å². The van der Waals surface area contributed by atoms with Gasteiger partial charge in [-0.3, -0.25) is 4.98 Å². The number of hydrogen-bond acceptors (Lipinski definition) is 4. The fourth-order valence-corrected chi connectivity index (χ4v) is 2.91. The van der Waals surface area contributed by atoms with E-state index in [1.54, 1.807) is 18.5 Å². The molecule has 1 aromatic heterocycles. The minimum absolute atomic E-state index is 0.431. The predicted molar refractivity (Wildman–Crippen MR) is 72.2 cm³/mol. The number of nitrogens with two attached hydrogens (primary N) is 1. The van der Waals surface area contributed by atoms with E-state index in [4.69, 9.17) is 11.0 Å². The molecule has 0 radical (unpaired) electrons. The van der Waals surface area contributed by atoms with Gasteiger partial charge in [-0.05, 0) is 31.4 Å². The first-order valence-electron chi connectivity index (χ1n) is 6.55. The number of nitrogens with zero attached hydrogens (tertiary/aromatic N) is 3. The van der Waals surface area contributed by atoms with E-state index in [0.717, 1.165) is 18.7 Å². The molecule has 0 spiro atoms. The molecule has 1 aliphatic carbocycles. The summed E-state index contributed by atoms with van der Waals surface area (Å²) in [6, 6.07) is 4.44. The fraction of sp³-hybridized carbons (Fsp3) is 0.571. The molecular weight excluding hydrogens is 224 g/mol. The summed E-state index contributed by atoms with van der Waals surface area (Å²) in [5, 5.41) is 9.16. The number of rotatable bonds is 3. The Morgan fingerprint density at radius 3 is 3.00 bits per heavy atom. The third-order valence-electron chi connectivity index (χ3n) is 3.97. The van der Waals surface area contributed by atoms with Crippen LogP contribution in [0, 0.1) is 17.2 Å². The zero-order valence-corrected chi connectivity index (χ0v) is 10.8. The van der Waals surface area contributed by atoms with Crippen LogP contribution in [0.3, 0.4) is 0 Å². The van der Waals surface area contributed by atoms with Gasteiger partial charge in [-0.1, -0.05) is 12.8 Å². The van der Waals surface area contributed by atoms with E-state index in [-0.39, 0.29) is 0 Å². The molecule has 1 heterocycles. The summed E-state index contributed by atoms with van der Waals surface area (Å²) in [6.07, 6.45) is 8.29. The molecule has 2 N–H and O–H groups in total. The van der Waals surface area contributed by atoms with Crippen molar-refractivity contribution in [1.29, 1.82) is 5.26 Å². The van der Waals surface area contributed by atoms with Crippen molar-refractivity contribution in [3.8, 4) is 6.07 Å². The Kier molecular flexibility index (Phi) is 4.16. The van der Waals surface area contributed by atoms with E-state index in [0.29, 0.717) is 17.5 Å². The predicted octanol–water partition coefficient (Wildman–Crippen LogP) is 1.91. The first-order chi connectivity index (χ1) is 8.77. The highest BCUT2D eigenvalue weighted by molar-refractivity contribution is 5.57. The van der Waals surface area contributed by atoms with Crippen molar-refractivity contribution in [2.45, 2.75) is 31.7 Å². The van der Waals surface area contributed by atoms with Crippen LogP contribution in [0.1, 0.15) is 31.2 Å². The molecule has 0 aromatic carbocycles. The van der Waals surface area contributed by atoms with E-state index in [9.17, 15) is 0 Å². The van der Waals surface area contributed by atoms with Crippen molar-refractivity contribution < 1.29 is 0 Å². The number of hydrogen-bond donors (Lipinski definition) is 1. The quantitative estimate of drug-likeness (QED) is 0.882. The lowest BCUT2D eigenvalue weighted by Crippen LogP contribution is -2.43. The lowest BCUT2D eigenvalue weighted by atomic mass is 9.83. The summed E-state index contributed by atoms with van der Waals surface area (Å²) in [5.41, 5.74) is 7.48. The molecule has 96 valence electrons. The first-order valence-corrected chi connectivity index (χ1v) is 6.55. The van der Waals surface area contributed by atoms with Crippen LogP contribution in [0.25, 0.3) is 0 Å². The van der Waals surface area contributed by atoms with Gasteiger partial charge < -0.3 is 10.6 Å². The molecule has 1 aliphatic rings. The Hall–Kier alpha value is -1.60. The Bertz CT molecular complexity index is 438. The van der Waals surface area contributed by atoms with Gasteiger partial charge in [-0.25, -0.2) is 0 Å². The molecular formula is C14H20N4. The van der Waals surface area contributed by atoms with E-state index < -0.39 is 0 Å². The van der Waals surface area contributed by atoms with Crippen LogP contribution in [0.2, 0.25) is 0 Å². The highest BCUT2D eigenvalue weighted by Crippen LogP contribution is 2.31. The maximum absolute atomic E-state index is 9.16. The topological polar surface area (TPSA) is 65.9 Å². The van der Waals surface area contributed by atoms with Crippen LogP contribution >= 0.6 is 0 Å². The molecule has 0 amide bonds. The number of pyridine rings is 1. The highest BCUT2D eigenvalue weighted by atomic mass is 15.1. The van der Waals surface area contributed by atoms with Gasteiger partial charge in [0.2, 0.25) is 0 Å². The Labute approximate surface area is 108 Å². The van der Waals surface area contributed by atoms with Crippen LogP contribution in [0.5, 0.6) is 0 Å². The smallest absolute Gasteiger partial charge is 0.101 e. The fourth-order valence-electron chi connectivity index (χ4n) is 2.91. The molecule has 1 aromatic rings. The Morgan fingerprint density at radius 1 is 1.50 bits per heavy atom. The van der Waals surface area contributed by atoms with Crippen molar-refractivity contribution >= 4 is 5.69 Å². The average Bonchev–Trinajstić information content (AvgIpc) is 2.46. The van der Waals surface area contributed by atoms with Crippen molar-refractivity contribution in [3.63, 3.8) is 0 Å². The van der Waals surface area contributed by atoms with E-state index in [1.807, 2.05) is 0 Å². The number of anilines is 1. The first kappa shape index (κ1) is 12.8. The molecule has 0 saturated heterocycles. The van der Waals surface area contributed by atoms with E-state index in [1.165, 1.54) is 19.3 Å². The van der Waals surface area contributed by atoms with Crippen LogP contribution in [-0.4, -0.2) is 24.6 Å². The van der Waals surface area contributed by atoms with E-state index >= 15 is 0 Å². The molecule has 2 unspecified atom stereocenters. The van der Waals surface area contributed by atoms with Gasteiger partial charge in [-0.15, -0.1) is 0 Å². The van der Waals surface area contributed by atoms with Crippen molar-refractivity contribution in [2.24, 2.45) is 11.7 Å². The molecule has 0 bridgehead atoms. The maximum Gasteiger partial charge on any atom is 0.101 e. The summed E-state index contributed by atoms with van der Waals surface area (Å²) in [5.74, 6) is 0.524. The largest absolute Gasteiger partial charge is 0.369 e. The maximum atomic E-state index is 9.16. The van der Waals surface area contributed by atoms with Gasteiger partial charge in [0.25, 0.3) is 0 Å². The summed E-state index contributed by atoms with van der Waals surface area (Å²) in [4.78, 5) is 6.33. The van der Waals surface area contributed by atoms with E-state index in [2.05, 4.69) is 23.0 Å². The monoisotopic (exact) mass is 244 g/mol. The third kappa shape index (κ3) is 2.46. The second-order valence-corrected chi connectivity index (χ2v) is 4.96. The van der Waals surface area contributed by atoms with Gasteiger partial charge in [-0.2, -0.15) is 5.26 Å². The van der Waals surface area contributed by atoms with Gasteiger partial charge in [0.1, 0.15) is 6.07 Å². The molecule has 1 fully saturated rings. The standard InChI is InChI=1S/C14H20N4/c1-18(13-5-3-2-4-11(13)8-15)14-10-17-7-6-12(14)9-16/h6-7,10-11,13H,2-5,8,15H2,1H3. The molecule has 4 nitrogen and oxygen atoms in total. The Morgan fingerprint density at radius 2 is 2.28 bits per heavy atom.